The van der Waals surface area contributed by atoms with E-state index in [2.05, 4.69) is 0 Å². The third-order valence-corrected chi connectivity index (χ3v) is 3.04. The van der Waals surface area contributed by atoms with Crippen LogP contribution < -0.4 is 5.73 Å². The molecule has 2 N–H and O–H groups in total. The standard InChI is InChI=1S/C11H11ClF3N/c12-7-3-4-8(10(16)6-1-2-6)9(5-7)11(13,14)15/h3-6,10H,1-2,16H2/t10-/m1/s1. The first-order valence-corrected chi connectivity index (χ1v) is 5.39. The van der Waals surface area contributed by atoms with Crippen LogP contribution in [0.4, 0.5) is 13.2 Å². The molecule has 0 saturated heterocycles. The molecular weight excluding hydrogens is 239 g/mol. The van der Waals surface area contributed by atoms with Gasteiger partial charge >= 0.3 is 6.18 Å². The Hall–Kier alpha value is -0.740. The number of benzene rings is 1. The van der Waals surface area contributed by atoms with Crippen LogP contribution >= 0.6 is 11.6 Å². The number of hydrogen-bond donors (Lipinski definition) is 1. The average molecular weight is 250 g/mol. The molecule has 2 rings (SSSR count). The zero-order chi connectivity index (χ0) is 11.9. The normalized spacial score (nSPS) is 18.6. The first-order chi connectivity index (χ1) is 7.39. The van der Waals surface area contributed by atoms with Gasteiger partial charge in [0, 0.05) is 11.1 Å². The average Bonchev–Trinajstić information content (AvgIpc) is 2.98. The van der Waals surface area contributed by atoms with Gasteiger partial charge in [-0.15, -0.1) is 0 Å². The summed E-state index contributed by atoms with van der Waals surface area (Å²) in [5.74, 6) is 0.183. The van der Waals surface area contributed by atoms with Gasteiger partial charge in [0.2, 0.25) is 0 Å². The van der Waals surface area contributed by atoms with Crippen LogP contribution in [0.2, 0.25) is 5.02 Å². The van der Waals surface area contributed by atoms with Crippen LogP contribution in [-0.4, -0.2) is 0 Å². The van der Waals surface area contributed by atoms with E-state index in [0.29, 0.717) is 0 Å². The first-order valence-electron chi connectivity index (χ1n) is 5.02. The summed E-state index contributed by atoms with van der Waals surface area (Å²) < 4.78 is 38.3. The van der Waals surface area contributed by atoms with Gasteiger partial charge in [-0.1, -0.05) is 17.7 Å². The van der Waals surface area contributed by atoms with Crippen molar-refractivity contribution in [1.29, 1.82) is 0 Å². The summed E-state index contributed by atoms with van der Waals surface area (Å²) >= 11 is 5.58. The molecule has 1 aliphatic carbocycles. The minimum Gasteiger partial charge on any atom is -0.324 e. The lowest BCUT2D eigenvalue weighted by atomic mass is 9.97. The van der Waals surface area contributed by atoms with Gasteiger partial charge in [0.15, 0.2) is 0 Å². The van der Waals surface area contributed by atoms with Crippen molar-refractivity contribution in [3.8, 4) is 0 Å². The molecule has 0 bridgehead atoms. The van der Waals surface area contributed by atoms with Crippen molar-refractivity contribution in [2.45, 2.75) is 25.1 Å². The van der Waals surface area contributed by atoms with Crippen LogP contribution in [0.15, 0.2) is 18.2 Å². The van der Waals surface area contributed by atoms with Gasteiger partial charge in [0.25, 0.3) is 0 Å². The quantitative estimate of drug-likeness (QED) is 0.848. The van der Waals surface area contributed by atoms with E-state index in [1.165, 1.54) is 12.1 Å². The van der Waals surface area contributed by atoms with E-state index in [4.69, 9.17) is 17.3 Å². The molecule has 88 valence electrons. The van der Waals surface area contributed by atoms with E-state index in [0.717, 1.165) is 18.9 Å². The summed E-state index contributed by atoms with van der Waals surface area (Å²) in [5, 5.41) is 0.0825. The highest BCUT2D eigenvalue weighted by molar-refractivity contribution is 6.30. The largest absolute Gasteiger partial charge is 0.416 e. The molecule has 5 heteroatoms. The molecule has 16 heavy (non-hydrogen) atoms. The number of alkyl halides is 3. The lowest BCUT2D eigenvalue weighted by Crippen LogP contribution is -2.18. The Morgan fingerprint density at radius 3 is 2.44 bits per heavy atom. The van der Waals surface area contributed by atoms with Crippen LogP contribution in [0.5, 0.6) is 0 Å². The van der Waals surface area contributed by atoms with E-state index in [-0.39, 0.29) is 16.5 Å². The molecule has 0 amide bonds. The number of halogens is 4. The van der Waals surface area contributed by atoms with Crippen LogP contribution in [0.25, 0.3) is 0 Å². The van der Waals surface area contributed by atoms with E-state index in [1.54, 1.807) is 0 Å². The minimum absolute atomic E-state index is 0.0825. The monoisotopic (exact) mass is 249 g/mol. The molecule has 1 atom stereocenters. The summed E-state index contributed by atoms with van der Waals surface area (Å²) in [7, 11) is 0. The molecule has 0 aliphatic heterocycles. The molecule has 0 spiro atoms. The van der Waals surface area contributed by atoms with Gasteiger partial charge < -0.3 is 5.73 Å². The van der Waals surface area contributed by atoms with Gasteiger partial charge in [-0.3, -0.25) is 0 Å². The molecule has 0 aromatic heterocycles. The predicted octanol–water partition coefficient (Wildman–Crippen LogP) is 3.77. The lowest BCUT2D eigenvalue weighted by Gasteiger charge is -2.18. The smallest absolute Gasteiger partial charge is 0.324 e. The van der Waals surface area contributed by atoms with E-state index in [9.17, 15) is 13.2 Å². The van der Waals surface area contributed by atoms with Gasteiger partial charge in [0.1, 0.15) is 0 Å². The molecule has 1 aromatic rings. The second-order valence-corrected chi connectivity index (χ2v) is 4.53. The SMILES string of the molecule is N[C@@H](c1ccc(Cl)cc1C(F)(F)F)C1CC1. The molecule has 1 saturated carbocycles. The minimum atomic E-state index is -4.40. The summed E-state index contributed by atoms with van der Waals surface area (Å²) in [6, 6.07) is 3.25. The van der Waals surface area contributed by atoms with Gasteiger partial charge in [-0.25, -0.2) is 0 Å². The van der Waals surface area contributed by atoms with Crippen molar-refractivity contribution in [2.24, 2.45) is 11.7 Å². The molecule has 1 aliphatic rings. The Morgan fingerprint density at radius 1 is 1.31 bits per heavy atom. The van der Waals surface area contributed by atoms with Crippen molar-refractivity contribution >= 4 is 11.6 Å². The Kier molecular flexibility index (Phi) is 2.88. The zero-order valence-electron chi connectivity index (χ0n) is 8.39. The predicted molar refractivity (Wildman–Crippen MR) is 56.1 cm³/mol. The van der Waals surface area contributed by atoms with Crippen LogP contribution in [0, 0.1) is 5.92 Å². The Bertz CT molecular complexity index is 399. The summed E-state index contributed by atoms with van der Waals surface area (Å²) in [6.07, 6.45) is -2.59. The highest BCUT2D eigenvalue weighted by Gasteiger charge is 2.38. The van der Waals surface area contributed by atoms with Crippen LogP contribution in [0.1, 0.15) is 30.0 Å². The fourth-order valence-electron chi connectivity index (χ4n) is 1.77. The Labute approximate surface area is 96.4 Å². The van der Waals surface area contributed by atoms with Crippen molar-refractivity contribution in [3.63, 3.8) is 0 Å². The topological polar surface area (TPSA) is 26.0 Å². The maximum Gasteiger partial charge on any atom is 0.416 e. The molecule has 1 nitrogen and oxygen atoms in total. The highest BCUT2D eigenvalue weighted by atomic mass is 35.5. The number of rotatable bonds is 2. The third kappa shape index (κ3) is 2.33. The fourth-order valence-corrected chi connectivity index (χ4v) is 1.95. The molecule has 0 unspecified atom stereocenters. The molecule has 1 fully saturated rings. The van der Waals surface area contributed by atoms with Gasteiger partial charge in [-0.05, 0) is 36.5 Å². The maximum atomic E-state index is 12.8. The first kappa shape index (κ1) is 11.7. The molecule has 0 radical (unpaired) electrons. The summed E-state index contributed by atoms with van der Waals surface area (Å²) in [4.78, 5) is 0. The van der Waals surface area contributed by atoms with Gasteiger partial charge in [0.05, 0.1) is 5.56 Å². The van der Waals surface area contributed by atoms with Crippen LogP contribution in [-0.2, 0) is 6.18 Å². The van der Waals surface area contributed by atoms with Crippen molar-refractivity contribution < 1.29 is 13.2 Å². The maximum absolute atomic E-state index is 12.8. The second-order valence-electron chi connectivity index (χ2n) is 4.09. The van der Waals surface area contributed by atoms with Crippen molar-refractivity contribution in [1.82, 2.24) is 0 Å². The van der Waals surface area contributed by atoms with Gasteiger partial charge in [-0.2, -0.15) is 13.2 Å². The number of nitrogens with two attached hydrogens (primary N) is 1. The van der Waals surface area contributed by atoms with Crippen LogP contribution in [0.3, 0.4) is 0 Å². The summed E-state index contributed by atoms with van der Waals surface area (Å²) in [5.41, 5.74) is 5.25. The van der Waals surface area contributed by atoms with E-state index < -0.39 is 17.8 Å². The second kappa shape index (κ2) is 3.93. The Balaban J connectivity index is 2.43. The molecular formula is C11H11ClF3N. The van der Waals surface area contributed by atoms with Crippen molar-refractivity contribution in [3.05, 3.63) is 34.3 Å². The molecule has 0 heterocycles. The summed E-state index contributed by atoms with van der Waals surface area (Å²) in [6.45, 7) is 0. The highest BCUT2D eigenvalue weighted by Crippen LogP contribution is 2.44. The lowest BCUT2D eigenvalue weighted by molar-refractivity contribution is -0.138. The number of hydrogen-bond acceptors (Lipinski definition) is 1. The Morgan fingerprint density at radius 2 is 1.94 bits per heavy atom. The van der Waals surface area contributed by atoms with E-state index >= 15 is 0 Å². The third-order valence-electron chi connectivity index (χ3n) is 2.81. The van der Waals surface area contributed by atoms with E-state index in [1.807, 2.05) is 0 Å². The molecule has 1 aromatic carbocycles. The van der Waals surface area contributed by atoms with Crippen molar-refractivity contribution in [2.75, 3.05) is 0 Å². The zero-order valence-corrected chi connectivity index (χ0v) is 9.15. The fraction of sp³-hybridized carbons (Fsp3) is 0.455.